The van der Waals surface area contributed by atoms with Crippen molar-refractivity contribution in [3.8, 4) is 0 Å². The maximum absolute atomic E-state index is 12.3. The Kier molecular flexibility index (Phi) is 3.75. The second-order valence-corrected chi connectivity index (χ2v) is 5.51. The van der Waals surface area contributed by atoms with Crippen LogP contribution in [0.5, 0.6) is 0 Å². The zero-order valence-electron chi connectivity index (χ0n) is 11.9. The van der Waals surface area contributed by atoms with Crippen molar-refractivity contribution in [1.82, 2.24) is 9.80 Å². The van der Waals surface area contributed by atoms with Crippen molar-refractivity contribution in [2.24, 2.45) is 0 Å². The zero-order chi connectivity index (χ0) is 15.0. The molecule has 2 aliphatic heterocycles. The fourth-order valence-electron chi connectivity index (χ4n) is 2.92. The second kappa shape index (κ2) is 5.55. The van der Waals surface area contributed by atoms with Crippen LogP contribution in [-0.2, 0) is 4.74 Å². The highest BCUT2D eigenvalue weighted by molar-refractivity contribution is 6.21. The van der Waals surface area contributed by atoms with Gasteiger partial charge in [-0.3, -0.25) is 19.4 Å². The molecule has 0 aromatic heterocycles. The summed E-state index contributed by atoms with van der Waals surface area (Å²) >= 11 is 0. The molecule has 6 heteroatoms. The SMILES string of the molecule is CC1CN(CN2C(=O)c3ccccc3C2=O)CC(CO)O1. The topological polar surface area (TPSA) is 70.1 Å². The number of aliphatic hydroxyl groups excluding tert-OH is 1. The minimum atomic E-state index is -0.274. The van der Waals surface area contributed by atoms with Crippen molar-refractivity contribution in [2.75, 3.05) is 26.4 Å². The average Bonchev–Trinajstić information content (AvgIpc) is 2.72. The molecule has 2 unspecified atom stereocenters. The van der Waals surface area contributed by atoms with Crippen molar-refractivity contribution >= 4 is 11.8 Å². The van der Waals surface area contributed by atoms with Gasteiger partial charge in [0.05, 0.1) is 36.6 Å². The Bertz CT molecular complexity index is 540. The summed E-state index contributed by atoms with van der Waals surface area (Å²) in [5, 5.41) is 9.23. The van der Waals surface area contributed by atoms with Crippen LogP contribution in [0.25, 0.3) is 0 Å². The molecule has 0 aliphatic carbocycles. The molecule has 1 aromatic carbocycles. The van der Waals surface area contributed by atoms with E-state index in [2.05, 4.69) is 0 Å². The molecule has 0 bridgehead atoms. The van der Waals surface area contributed by atoms with Gasteiger partial charge < -0.3 is 9.84 Å². The van der Waals surface area contributed by atoms with Crippen molar-refractivity contribution in [3.63, 3.8) is 0 Å². The van der Waals surface area contributed by atoms with Gasteiger partial charge in [-0.05, 0) is 19.1 Å². The molecule has 1 N–H and O–H groups in total. The van der Waals surface area contributed by atoms with E-state index in [1.165, 1.54) is 4.90 Å². The average molecular weight is 290 g/mol. The molecule has 2 amide bonds. The van der Waals surface area contributed by atoms with Crippen LogP contribution in [0, 0.1) is 0 Å². The highest BCUT2D eigenvalue weighted by Crippen LogP contribution is 2.23. The van der Waals surface area contributed by atoms with Gasteiger partial charge >= 0.3 is 0 Å². The number of aliphatic hydroxyl groups is 1. The number of carbonyl (C=O) groups is 2. The largest absolute Gasteiger partial charge is 0.394 e. The van der Waals surface area contributed by atoms with Gasteiger partial charge in [-0.15, -0.1) is 0 Å². The maximum atomic E-state index is 12.3. The Morgan fingerprint density at radius 1 is 1.19 bits per heavy atom. The number of benzene rings is 1. The lowest BCUT2D eigenvalue weighted by Crippen LogP contribution is -2.52. The molecule has 1 fully saturated rings. The molecule has 0 radical (unpaired) electrons. The van der Waals surface area contributed by atoms with E-state index in [1.807, 2.05) is 11.8 Å². The first kappa shape index (κ1) is 14.2. The Morgan fingerprint density at radius 2 is 1.81 bits per heavy atom. The van der Waals surface area contributed by atoms with Crippen LogP contribution < -0.4 is 0 Å². The summed E-state index contributed by atoms with van der Waals surface area (Å²) in [4.78, 5) is 27.9. The Labute approximate surface area is 122 Å². The summed E-state index contributed by atoms with van der Waals surface area (Å²) in [6.45, 7) is 3.22. The minimum Gasteiger partial charge on any atom is -0.394 e. The van der Waals surface area contributed by atoms with E-state index in [0.717, 1.165) is 0 Å². The van der Waals surface area contributed by atoms with Crippen molar-refractivity contribution in [1.29, 1.82) is 0 Å². The second-order valence-electron chi connectivity index (χ2n) is 5.51. The van der Waals surface area contributed by atoms with E-state index in [0.29, 0.717) is 24.2 Å². The molecule has 3 rings (SSSR count). The van der Waals surface area contributed by atoms with Gasteiger partial charge in [-0.25, -0.2) is 0 Å². The quantitative estimate of drug-likeness (QED) is 0.812. The molecule has 1 saturated heterocycles. The number of ether oxygens (including phenoxy) is 1. The van der Waals surface area contributed by atoms with Crippen LogP contribution in [0.2, 0.25) is 0 Å². The van der Waals surface area contributed by atoms with E-state index < -0.39 is 0 Å². The number of imide groups is 1. The summed E-state index contributed by atoms with van der Waals surface area (Å²) in [6, 6.07) is 6.86. The smallest absolute Gasteiger partial charge is 0.262 e. The van der Waals surface area contributed by atoms with Crippen molar-refractivity contribution in [2.45, 2.75) is 19.1 Å². The van der Waals surface area contributed by atoms with Gasteiger partial charge in [-0.2, -0.15) is 0 Å². The normalized spacial score (nSPS) is 26.3. The lowest BCUT2D eigenvalue weighted by atomic mass is 10.1. The van der Waals surface area contributed by atoms with Crippen LogP contribution in [0.3, 0.4) is 0 Å². The van der Waals surface area contributed by atoms with Gasteiger partial charge in [0.25, 0.3) is 11.8 Å². The predicted molar refractivity (Wildman–Crippen MR) is 74.8 cm³/mol. The van der Waals surface area contributed by atoms with Crippen molar-refractivity contribution in [3.05, 3.63) is 35.4 Å². The highest BCUT2D eigenvalue weighted by Gasteiger charge is 2.37. The molecular formula is C15H18N2O4. The molecule has 1 aromatic rings. The Morgan fingerprint density at radius 3 is 2.38 bits per heavy atom. The van der Waals surface area contributed by atoms with E-state index in [-0.39, 0.29) is 37.3 Å². The number of nitrogens with zero attached hydrogens (tertiary/aromatic N) is 2. The number of amides is 2. The maximum Gasteiger partial charge on any atom is 0.262 e. The van der Waals surface area contributed by atoms with E-state index in [1.54, 1.807) is 24.3 Å². The summed E-state index contributed by atoms with van der Waals surface area (Å²) < 4.78 is 5.57. The first-order valence-corrected chi connectivity index (χ1v) is 7.04. The van der Waals surface area contributed by atoms with Crippen LogP contribution in [0.4, 0.5) is 0 Å². The fourth-order valence-corrected chi connectivity index (χ4v) is 2.92. The molecule has 2 heterocycles. The summed E-state index contributed by atoms with van der Waals surface area (Å²) in [5.74, 6) is -0.509. The fraction of sp³-hybridized carbons (Fsp3) is 0.467. The summed E-state index contributed by atoms with van der Waals surface area (Å²) in [5.41, 5.74) is 0.921. The first-order chi connectivity index (χ1) is 10.1. The third-order valence-electron chi connectivity index (χ3n) is 3.83. The lowest BCUT2D eigenvalue weighted by molar-refractivity contribution is -0.101. The lowest BCUT2D eigenvalue weighted by Gasteiger charge is -2.37. The van der Waals surface area contributed by atoms with Crippen LogP contribution in [-0.4, -0.2) is 65.3 Å². The number of fused-ring (bicyclic) bond motifs is 1. The third-order valence-corrected chi connectivity index (χ3v) is 3.83. The van der Waals surface area contributed by atoms with E-state index >= 15 is 0 Å². The van der Waals surface area contributed by atoms with E-state index in [4.69, 9.17) is 4.74 Å². The summed E-state index contributed by atoms with van der Waals surface area (Å²) in [7, 11) is 0. The van der Waals surface area contributed by atoms with Gasteiger partial charge in [0, 0.05) is 13.1 Å². The third kappa shape index (κ3) is 2.57. The number of hydrogen-bond acceptors (Lipinski definition) is 5. The van der Waals surface area contributed by atoms with Crippen LogP contribution in [0.15, 0.2) is 24.3 Å². The van der Waals surface area contributed by atoms with Gasteiger partial charge in [0.15, 0.2) is 0 Å². The molecule has 6 nitrogen and oxygen atoms in total. The molecule has 21 heavy (non-hydrogen) atoms. The molecular weight excluding hydrogens is 272 g/mol. The summed E-state index contributed by atoms with van der Waals surface area (Å²) in [6.07, 6.45) is -0.310. The van der Waals surface area contributed by atoms with Gasteiger partial charge in [0.2, 0.25) is 0 Å². The number of hydrogen-bond donors (Lipinski definition) is 1. The monoisotopic (exact) mass is 290 g/mol. The minimum absolute atomic E-state index is 0.0360. The molecule has 0 saturated carbocycles. The molecule has 112 valence electrons. The predicted octanol–water partition coefficient (Wildman–Crippen LogP) is 0.322. The molecule has 2 atom stereocenters. The Balaban J connectivity index is 1.74. The Hall–Kier alpha value is -1.76. The van der Waals surface area contributed by atoms with Crippen LogP contribution >= 0.6 is 0 Å². The number of carbonyl (C=O) groups excluding carboxylic acids is 2. The number of rotatable bonds is 3. The van der Waals surface area contributed by atoms with Gasteiger partial charge in [-0.1, -0.05) is 12.1 Å². The molecule has 2 aliphatic rings. The zero-order valence-corrected chi connectivity index (χ0v) is 11.9. The van der Waals surface area contributed by atoms with Crippen molar-refractivity contribution < 1.29 is 19.4 Å². The highest BCUT2D eigenvalue weighted by atomic mass is 16.5. The number of morpholine rings is 1. The molecule has 0 spiro atoms. The van der Waals surface area contributed by atoms with Crippen LogP contribution in [0.1, 0.15) is 27.6 Å². The standard InChI is InChI=1S/C15H18N2O4/c1-10-6-16(7-11(8-18)21-10)9-17-14(19)12-4-2-3-5-13(12)15(17)20/h2-5,10-11,18H,6-9H2,1H3. The first-order valence-electron chi connectivity index (χ1n) is 7.04. The van der Waals surface area contributed by atoms with E-state index in [9.17, 15) is 14.7 Å². The van der Waals surface area contributed by atoms with Gasteiger partial charge in [0.1, 0.15) is 0 Å².